The number of benzene rings is 2. The van der Waals surface area contributed by atoms with Crippen molar-refractivity contribution in [2.24, 2.45) is 20.0 Å². The first-order chi connectivity index (χ1) is 17.5. The molecule has 0 bridgehead atoms. The number of aromatic nitrogens is 4. The molecular weight excluding hydrogens is 456 g/mol. The number of amides is 1. The Morgan fingerprint density at radius 3 is 2.50 bits per heavy atom. The molecule has 2 fully saturated rings. The second-order valence-electron chi connectivity index (χ2n) is 10.0. The smallest absolute Gasteiger partial charge is 0.328 e. The van der Waals surface area contributed by atoms with Gasteiger partial charge in [-0.3, -0.25) is 13.9 Å². The maximum atomic E-state index is 12.6. The number of aryl methyl sites for hydroxylation is 2. The summed E-state index contributed by atoms with van der Waals surface area (Å²) in [4.78, 5) is 33.9. The van der Waals surface area contributed by atoms with Crippen LogP contribution < -0.4 is 10.6 Å². The molecule has 2 aliphatic rings. The number of anilines is 1. The summed E-state index contributed by atoms with van der Waals surface area (Å²) in [6.07, 6.45) is 2.52. The van der Waals surface area contributed by atoms with Gasteiger partial charge in [-0.25, -0.2) is 4.79 Å². The van der Waals surface area contributed by atoms with Gasteiger partial charge in [0.2, 0.25) is 17.6 Å². The van der Waals surface area contributed by atoms with E-state index in [1.54, 1.807) is 23.2 Å². The molecule has 2 saturated heterocycles. The number of fused-ring (bicyclic) bond motifs is 1. The summed E-state index contributed by atoms with van der Waals surface area (Å²) >= 11 is 0. The zero-order valence-corrected chi connectivity index (χ0v) is 20.6. The van der Waals surface area contributed by atoms with Gasteiger partial charge in [-0.2, -0.15) is 4.98 Å². The molecule has 0 spiro atoms. The number of rotatable bonds is 5. The van der Waals surface area contributed by atoms with Crippen molar-refractivity contribution in [1.82, 2.24) is 24.2 Å². The molecule has 0 saturated carbocycles. The summed E-state index contributed by atoms with van der Waals surface area (Å²) < 4.78 is 8.94. The molecule has 186 valence electrons. The van der Waals surface area contributed by atoms with Gasteiger partial charge in [0.1, 0.15) is 0 Å². The van der Waals surface area contributed by atoms with E-state index in [4.69, 9.17) is 9.51 Å². The van der Waals surface area contributed by atoms with Gasteiger partial charge in [0, 0.05) is 50.8 Å². The number of hydrogen-bond donors (Lipinski definition) is 0. The van der Waals surface area contributed by atoms with Crippen LogP contribution in [0.25, 0.3) is 22.4 Å². The summed E-state index contributed by atoms with van der Waals surface area (Å²) in [5, 5.41) is 4.24. The molecule has 6 rings (SSSR count). The molecular formula is C27H30N6O3. The van der Waals surface area contributed by atoms with Crippen LogP contribution in [0, 0.1) is 5.92 Å². The van der Waals surface area contributed by atoms with Crippen molar-refractivity contribution in [3.63, 3.8) is 0 Å². The van der Waals surface area contributed by atoms with Crippen LogP contribution in [0.1, 0.15) is 31.1 Å². The van der Waals surface area contributed by atoms with Gasteiger partial charge < -0.3 is 14.3 Å². The largest absolute Gasteiger partial charge is 0.339 e. The third-order valence-electron chi connectivity index (χ3n) is 7.70. The Kier molecular flexibility index (Phi) is 5.72. The number of carbonyl (C=O) groups excluding carboxylic acids is 1. The number of para-hydroxylation sites is 1. The van der Waals surface area contributed by atoms with Gasteiger partial charge in [-0.1, -0.05) is 23.4 Å². The first kappa shape index (κ1) is 22.7. The minimum absolute atomic E-state index is 0.0579. The molecule has 0 aliphatic carbocycles. The highest BCUT2D eigenvalue weighted by Crippen LogP contribution is 2.31. The van der Waals surface area contributed by atoms with Crippen molar-refractivity contribution >= 4 is 22.6 Å². The van der Waals surface area contributed by atoms with Gasteiger partial charge in [0.15, 0.2) is 0 Å². The number of hydrogen-bond acceptors (Lipinski definition) is 6. The fourth-order valence-corrected chi connectivity index (χ4v) is 5.65. The lowest BCUT2D eigenvalue weighted by Gasteiger charge is -2.32. The van der Waals surface area contributed by atoms with E-state index >= 15 is 0 Å². The molecule has 2 aromatic heterocycles. The normalized spacial score (nSPS) is 19.6. The molecule has 1 amide bonds. The first-order valence-electron chi connectivity index (χ1n) is 12.5. The number of imidazole rings is 1. The van der Waals surface area contributed by atoms with Crippen LogP contribution in [0.15, 0.2) is 57.8 Å². The lowest BCUT2D eigenvalue weighted by Crippen LogP contribution is -2.37. The third-order valence-corrected chi connectivity index (χ3v) is 7.70. The van der Waals surface area contributed by atoms with Crippen molar-refractivity contribution in [2.75, 3.05) is 31.1 Å². The van der Waals surface area contributed by atoms with Gasteiger partial charge in [-0.05, 0) is 62.2 Å². The van der Waals surface area contributed by atoms with Gasteiger partial charge in [0.25, 0.3) is 0 Å². The number of likely N-dealkylation sites (tertiary alicyclic amines) is 1. The molecule has 9 nitrogen and oxygen atoms in total. The van der Waals surface area contributed by atoms with E-state index in [0.717, 1.165) is 61.3 Å². The average molecular weight is 487 g/mol. The van der Waals surface area contributed by atoms with E-state index in [-0.39, 0.29) is 17.5 Å². The Balaban J connectivity index is 1.08. The predicted octanol–water partition coefficient (Wildman–Crippen LogP) is 3.16. The standard InChI is InChI=1S/C27H30N6O3/c1-30-22-9-8-20(15-23(22)31(2)27(30)35)25-28-26(36-29-25)19-10-12-32(13-11-19)16-18-14-24(34)33(17-18)21-6-4-3-5-7-21/h3-9,15,18-19H,10-14,16-17H2,1-2H3. The highest BCUT2D eigenvalue weighted by molar-refractivity contribution is 5.95. The topological polar surface area (TPSA) is 89.4 Å². The highest BCUT2D eigenvalue weighted by Gasteiger charge is 2.33. The van der Waals surface area contributed by atoms with Crippen LogP contribution >= 0.6 is 0 Å². The van der Waals surface area contributed by atoms with E-state index in [2.05, 4.69) is 10.1 Å². The summed E-state index contributed by atoms with van der Waals surface area (Å²) in [5.41, 5.74) is 3.49. The van der Waals surface area contributed by atoms with E-state index in [0.29, 0.717) is 24.1 Å². The first-order valence-corrected chi connectivity index (χ1v) is 12.5. The second-order valence-corrected chi connectivity index (χ2v) is 10.0. The molecule has 1 unspecified atom stereocenters. The maximum absolute atomic E-state index is 12.6. The quantitative estimate of drug-likeness (QED) is 0.431. The third kappa shape index (κ3) is 4.03. The minimum atomic E-state index is -0.0579. The van der Waals surface area contributed by atoms with Crippen molar-refractivity contribution < 1.29 is 9.32 Å². The molecule has 4 aromatic rings. The number of carbonyl (C=O) groups is 1. The molecule has 0 N–H and O–H groups in total. The van der Waals surface area contributed by atoms with Crippen LogP contribution in [-0.2, 0) is 18.9 Å². The lowest BCUT2D eigenvalue weighted by atomic mass is 9.95. The molecule has 1 atom stereocenters. The van der Waals surface area contributed by atoms with E-state index in [1.807, 2.05) is 53.4 Å². The summed E-state index contributed by atoms with van der Waals surface area (Å²) in [6.45, 7) is 3.63. The van der Waals surface area contributed by atoms with Crippen molar-refractivity contribution in [3.8, 4) is 11.4 Å². The Morgan fingerprint density at radius 1 is 0.972 bits per heavy atom. The van der Waals surface area contributed by atoms with Crippen LogP contribution in [0.5, 0.6) is 0 Å². The van der Waals surface area contributed by atoms with Crippen molar-refractivity contribution in [1.29, 1.82) is 0 Å². The van der Waals surface area contributed by atoms with Crippen LogP contribution in [0.4, 0.5) is 5.69 Å². The molecule has 9 heteroatoms. The van der Waals surface area contributed by atoms with Gasteiger partial charge >= 0.3 is 5.69 Å². The maximum Gasteiger partial charge on any atom is 0.328 e. The van der Waals surface area contributed by atoms with Crippen molar-refractivity contribution in [3.05, 3.63) is 64.9 Å². The monoisotopic (exact) mass is 486 g/mol. The van der Waals surface area contributed by atoms with Crippen LogP contribution in [0.2, 0.25) is 0 Å². The fraction of sp³-hybridized carbons (Fsp3) is 0.407. The molecule has 0 radical (unpaired) electrons. The lowest BCUT2D eigenvalue weighted by molar-refractivity contribution is -0.117. The Bertz CT molecular complexity index is 1460. The molecule has 36 heavy (non-hydrogen) atoms. The van der Waals surface area contributed by atoms with Gasteiger partial charge in [-0.15, -0.1) is 0 Å². The number of nitrogens with zero attached hydrogens (tertiary/aromatic N) is 6. The second kappa shape index (κ2) is 9.05. The molecule has 4 heterocycles. The highest BCUT2D eigenvalue weighted by atomic mass is 16.5. The van der Waals surface area contributed by atoms with Crippen LogP contribution in [0.3, 0.4) is 0 Å². The Morgan fingerprint density at radius 2 is 1.72 bits per heavy atom. The zero-order valence-electron chi connectivity index (χ0n) is 20.6. The Labute approximate surface area is 208 Å². The molecule has 2 aliphatic heterocycles. The van der Waals surface area contributed by atoms with E-state index < -0.39 is 0 Å². The van der Waals surface area contributed by atoms with E-state index in [9.17, 15) is 9.59 Å². The Hall–Kier alpha value is -3.72. The summed E-state index contributed by atoms with van der Waals surface area (Å²) in [5.74, 6) is 2.04. The van der Waals surface area contributed by atoms with Crippen LogP contribution in [-0.4, -0.2) is 56.3 Å². The summed E-state index contributed by atoms with van der Waals surface area (Å²) in [6, 6.07) is 15.7. The molecule has 2 aromatic carbocycles. The number of piperidine rings is 1. The fourth-order valence-electron chi connectivity index (χ4n) is 5.65. The van der Waals surface area contributed by atoms with E-state index in [1.165, 1.54) is 0 Å². The van der Waals surface area contributed by atoms with Gasteiger partial charge in [0.05, 0.1) is 11.0 Å². The SMILES string of the molecule is Cn1c(=O)n(C)c2cc(-c3noc(C4CCN(CC5CC(=O)N(c6ccccc6)C5)CC4)n3)ccc21. The average Bonchev–Trinajstić information content (AvgIpc) is 3.59. The minimum Gasteiger partial charge on any atom is -0.339 e. The van der Waals surface area contributed by atoms with Crippen molar-refractivity contribution in [2.45, 2.75) is 25.2 Å². The zero-order chi connectivity index (χ0) is 24.8. The summed E-state index contributed by atoms with van der Waals surface area (Å²) in [7, 11) is 3.54. The predicted molar refractivity (Wildman–Crippen MR) is 137 cm³/mol.